The van der Waals surface area contributed by atoms with Crippen molar-refractivity contribution in [3.8, 4) is 0 Å². The number of fused-ring (bicyclic) bond motifs is 1. The van der Waals surface area contributed by atoms with E-state index in [4.69, 9.17) is 4.42 Å². The van der Waals surface area contributed by atoms with Crippen LogP contribution < -0.4 is 10.9 Å². The zero-order valence-corrected chi connectivity index (χ0v) is 15.4. The van der Waals surface area contributed by atoms with E-state index in [2.05, 4.69) is 32.2 Å². The van der Waals surface area contributed by atoms with Gasteiger partial charge in [-0.15, -0.1) is 0 Å². The molecule has 1 heterocycles. The van der Waals surface area contributed by atoms with Gasteiger partial charge in [-0.25, -0.2) is 4.79 Å². The summed E-state index contributed by atoms with van der Waals surface area (Å²) in [5, 5.41) is 4.53. The van der Waals surface area contributed by atoms with Gasteiger partial charge >= 0.3 is 5.63 Å². The lowest BCUT2D eigenvalue weighted by Crippen LogP contribution is -2.05. The first-order chi connectivity index (χ1) is 11.7. The van der Waals surface area contributed by atoms with E-state index in [0.29, 0.717) is 5.58 Å². The van der Waals surface area contributed by atoms with Crippen LogP contribution in [0.4, 0.5) is 5.69 Å². The topological polar surface area (TPSA) is 42.2 Å². The highest BCUT2D eigenvalue weighted by atomic mass is 16.4. The van der Waals surface area contributed by atoms with Crippen molar-refractivity contribution in [1.29, 1.82) is 0 Å². The van der Waals surface area contributed by atoms with Gasteiger partial charge in [-0.3, -0.25) is 0 Å². The molecule has 2 aromatic rings. The van der Waals surface area contributed by atoms with E-state index >= 15 is 0 Å². The van der Waals surface area contributed by atoms with Crippen LogP contribution in [0.3, 0.4) is 0 Å². The summed E-state index contributed by atoms with van der Waals surface area (Å²) in [4.78, 5) is 11.9. The fourth-order valence-corrected chi connectivity index (χ4v) is 3.22. The van der Waals surface area contributed by atoms with E-state index in [1.54, 1.807) is 6.07 Å². The molecule has 0 saturated carbocycles. The quantitative estimate of drug-likeness (QED) is 0.450. The Labute approximate surface area is 145 Å². The highest BCUT2D eigenvalue weighted by Crippen LogP contribution is 2.28. The molecule has 0 atom stereocenters. The Kier molecular flexibility index (Phi) is 7.36. The van der Waals surface area contributed by atoms with Crippen LogP contribution in [0.15, 0.2) is 27.4 Å². The van der Waals surface area contributed by atoms with Crippen LogP contribution in [0.2, 0.25) is 0 Å². The van der Waals surface area contributed by atoms with Crippen LogP contribution in [-0.4, -0.2) is 6.54 Å². The number of benzene rings is 1. The average Bonchev–Trinajstić information content (AvgIpc) is 2.56. The molecule has 3 nitrogen and oxygen atoms in total. The van der Waals surface area contributed by atoms with Crippen LogP contribution >= 0.6 is 0 Å². The highest BCUT2D eigenvalue weighted by molar-refractivity contribution is 5.85. The van der Waals surface area contributed by atoms with Crippen LogP contribution in [-0.2, 0) is 12.8 Å². The standard InChI is InChI=1S/C21H31NO2/c1-4-7-9-11-16-14-21(23)24-20-15-19(22-6-3)17(13-18(16)20)12-10-8-5-2/h13-15,22H,4-12H2,1-3H3. The second kappa shape index (κ2) is 9.51. The molecule has 0 aliphatic carbocycles. The van der Waals surface area contributed by atoms with Gasteiger partial charge in [0.2, 0.25) is 0 Å². The summed E-state index contributed by atoms with van der Waals surface area (Å²) in [6.45, 7) is 7.39. The molecule has 2 rings (SSSR count). The predicted molar refractivity (Wildman–Crippen MR) is 103 cm³/mol. The minimum Gasteiger partial charge on any atom is -0.423 e. The predicted octanol–water partition coefficient (Wildman–Crippen LogP) is 5.69. The molecule has 1 aromatic carbocycles. The Morgan fingerprint density at radius 2 is 1.54 bits per heavy atom. The lowest BCUT2D eigenvalue weighted by molar-refractivity contribution is 0.557. The highest BCUT2D eigenvalue weighted by Gasteiger charge is 2.11. The van der Waals surface area contributed by atoms with Crippen LogP contribution in [0.1, 0.15) is 70.4 Å². The van der Waals surface area contributed by atoms with Crippen molar-refractivity contribution in [3.05, 3.63) is 39.7 Å². The summed E-state index contributed by atoms with van der Waals surface area (Å²) in [5.41, 5.74) is 4.05. The van der Waals surface area contributed by atoms with Crippen molar-refractivity contribution in [2.45, 2.75) is 72.1 Å². The zero-order valence-electron chi connectivity index (χ0n) is 15.4. The summed E-state index contributed by atoms with van der Waals surface area (Å²) in [6, 6.07) is 5.94. The molecule has 1 N–H and O–H groups in total. The monoisotopic (exact) mass is 329 g/mol. The third-order valence-corrected chi connectivity index (χ3v) is 4.52. The van der Waals surface area contributed by atoms with Gasteiger partial charge in [0.05, 0.1) is 0 Å². The van der Waals surface area contributed by atoms with Gasteiger partial charge in [-0.2, -0.15) is 0 Å². The molecule has 0 aliphatic rings. The van der Waals surface area contributed by atoms with E-state index in [-0.39, 0.29) is 5.63 Å². The minimum absolute atomic E-state index is 0.241. The third-order valence-electron chi connectivity index (χ3n) is 4.52. The summed E-state index contributed by atoms with van der Waals surface area (Å²) in [6.07, 6.45) is 9.19. The molecule has 0 aliphatic heterocycles. The van der Waals surface area contributed by atoms with Crippen molar-refractivity contribution in [2.75, 3.05) is 11.9 Å². The van der Waals surface area contributed by atoms with Crippen LogP contribution in [0.25, 0.3) is 11.0 Å². The van der Waals surface area contributed by atoms with Gasteiger partial charge in [0.15, 0.2) is 0 Å². The third kappa shape index (κ3) is 4.86. The Bertz CT molecular complexity index is 703. The normalized spacial score (nSPS) is 11.1. The molecule has 0 amide bonds. The smallest absolute Gasteiger partial charge is 0.336 e. The Morgan fingerprint density at radius 1 is 0.875 bits per heavy atom. The summed E-state index contributed by atoms with van der Waals surface area (Å²) >= 11 is 0. The van der Waals surface area contributed by atoms with Gasteiger partial charge in [0.25, 0.3) is 0 Å². The number of anilines is 1. The van der Waals surface area contributed by atoms with Crippen molar-refractivity contribution < 1.29 is 4.42 Å². The van der Waals surface area contributed by atoms with E-state index in [1.165, 1.54) is 37.7 Å². The van der Waals surface area contributed by atoms with E-state index in [0.717, 1.165) is 42.4 Å². The lowest BCUT2D eigenvalue weighted by Gasteiger charge is -2.14. The minimum atomic E-state index is -0.241. The van der Waals surface area contributed by atoms with Crippen molar-refractivity contribution in [3.63, 3.8) is 0 Å². The molecule has 3 heteroatoms. The summed E-state index contributed by atoms with van der Waals surface area (Å²) in [7, 11) is 0. The van der Waals surface area contributed by atoms with Crippen molar-refractivity contribution in [2.24, 2.45) is 0 Å². The Balaban J connectivity index is 2.42. The van der Waals surface area contributed by atoms with Crippen LogP contribution in [0, 0.1) is 0 Å². The number of nitrogens with one attached hydrogen (secondary N) is 1. The number of unbranched alkanes of at least 4 members (excludes halogenated alkanes) is 4. The first kappa shape index (κ1) is 18.6. The molecule has 0 fully saturated rings. The molecule has 0 saturated heterocycles. The molecular weight excluding hydrogens is 298 g/mol. The van der Waals surface area contributed by atoms with E-state index in [1.807, 2.05) is 6.07 Å². The molecule has 1 aromatic heterocycles. The van der Waals surface area contributed by atoms with Gasteiger partial charge in [-0.05, 0) is 49.8 Å². The van der Waals surface area contributed by atoms with Gasteiger partial charge in [-0.1, -0.05) is 39.5 Å². The zero-order chi connectivity index (χ0) is 17.4. The Morgan fingerprint density at radius 3 is 2.17 bits per heavy atom. The molecule has 132 valence electrons. The van der Waals surface area contributed by atoms with Crippen molar-refractivity contribution >= 4 is 16.7 Å². The maximum Gasteiger partial charge on any atom is 0.336 e. The van der Waals surface area contributed by atoms with Gasteiger partial charge < -0.3 is 9.73 Å². The molecule has 0 radical (unpaired) electrons. The summed E-state index contributed by atoms with van der Waals surface area (Å²) < 4.78 is 5.48. The van der Waals surface area contributed by atoms with E-state index in [9.17, 15) is 4.79 Å². The summed E-state index contributed by atoms with van der Waals surface area (Å²) in [5.74, 6) is 0. The SMILES string of the molecule is CCCCCc1cc2c(CCCCC)cc(=O)oc2cc1NCC. The Hall–Kier alpha value is -1.77. The second-order valence-electron chi connectivity index (χ2n) is 6.54. The largest absolute Gasteiger partial charge is 0.423 e. The van der Waals surface area contributed by atoms with Gasteiger partial charge in [0.1, 0.15) is 5.58 Å². The molecule has 24 heavy (non-hydrogen) atoms. The molecule has 0 spiro atoms. The maximum atomic E-state index is 11.9. The van der Waals surface area contributed by atoms with E-state index < -0.39 is 0 Å². The number of hydrogen-bond acceptors (Lipinski definition) is 3. The lowest BCUT2D eigenvalue weighted by atomic mass is 9.98. The fourth-order valence-electron chi connectivity index (χ4n) is 3.22. The molecular formula is C21H31NO2. The number of rotatable bonds is 10. The van der Waals surface area contributed by atoms with Gasteiger partial charge in [0, 0.05) is 29.8 Å². The molecule has 0 bridgehead atoms. The maximum absolute atomic E-state index is 11.9. The number of hydrogen-bond donors (Lipinski definition) is 1. The molecule has 0 unspecified atom stereocenters. The first-order valence-electron chi connectivity index (χ1n) is 9.53. The average molecular weight is 329 g/mol. The first-order valence-corrected chi connectivity index (χ1v) is 9.53. The fraction of sp³-hybridized carbons (Fsp3) is 0.571. The van der Waals surface area contributed by atoms with Crippen molar-refractivity contribution in [1.82, 2.24) is 0 Å². The van der Waals surface area contributed by atoms with Crippen LogP contribution in [0.5, 0.6) is 0 Å². The number of aryl methyl sites for hydroxylation is 2. The second-order valence-corrected chi connectivity index (χ2v) is 6.54.